The molecule has 1 N–H and O–H groups in total. The molecule has 0 unspecified atom stereocenters. The zero-order valence-electron chi connectivity index (χ0n) is 18.2. The Hall–Kier alpha value is -3.72. The highest BCUT2D eigenvalue weighted by atomic mass is 32.2. The number of hydrogen-bond acceptors (Lipinski definition) is 6. The molecule has 0 bridgehead atoms. The van der Waals surface area contributed by atoms with E-state index < -0.39 is 0 Å². The molecule has 8 nitrogen and oxygen atoms in total. The minimum absolute atomic E-state index is 0.0334. The van der Waals surface area contributed by atoms with E-state index in [1.807, 2.05) is 34.7 Å². The summed E-state index contributed by atoms with van der Waals surface area (Å²) in [5.74, 6) is 0.501. The Morgan fingerprint density at radius 2 is 1.88 bits per heavy atom. The summed E-state index contributed by atoms with van der Waals surface area (Å²) >= 11 is 1.28. The molecular weight excluding hydrogens is 438 g/mol. The number of hydrogen-bond donors (Lipinski definition) is 1. The van der Waals surface area contributed by atoms with Gasteiger partial charge in [0.05, 0.1) is 16.7 Å². The molecule has 0 aliphatic rings. The fourth-order valence-electron chi connectivity index (χ4n) is 3.57. The third-order valence-corrected chi connectivity index (χ3v) is 6.11. The van der Waals surface area contributed by atoms with Crippen molar-refractivity contribution in [2.24, 2.45) is 0 Å². The van der Waals surface area contributed by atoms with Crippen LogP contribution in [0.3, 0.4) is 0 Å². The van der Waals surface area contributed by atoms with Crippen molar-refractivity contribution in [2.75, 3.05) is 12.3 Å². The SMILES string of the molecule is C=CCn1c(=O)c2ccccc2n2c(SCC(=O)c3ccc(CCNC(C)=O)cc3)nnc12. The van der Waals surface area contributed by atoms with Crippen molar-refractivity contribution in [3.8, 4) is 0 Å². The molecule has 9 heteroatoms. The number of allylic oxidation sites excluding steroid dienone is 1. The van der Waals surface area contributed by atoms with Crippen LogP contribution >= 0.6 is 11.8 Å². The van der Waals surface area contributed by atoms with Crippen LogP contribution in [0.1, 0.15) is 22.8 Å². The van der Waals surface area contributed by atoms with Gasteiger partial charge in [-0.2, -0.15) is 0 Å². The fourth-order valence-corrected chi connectivity index (χ4v) is 4.41. The predicted molar refractivity (Wildman–Crippen MR) is 129 cm³/mol. The lowest BCUT2D eigenvalue weighted by Gasteiger charge is -2.09. The molecule has 0 radical (unpaired) electrons. The van der Waals surface area contributed by atoms with E-state index in [9.17, 15) is 14.4 Å². The molecule has 168 valence electrons. The van der Waals surface area contributed by atoms with Gasteiger partial charge in [0.2, 0.25) is 11.7 Å². The maximum Gasteiger partial charge on any atom is 0.263 e. The number of Topliss-reactive ketones (excluding diaryl/α,β-unsaturated/α-hetero) is 1. The highest BCUT2D eigenvalue weighted by molar-refractivity contribution is 7.99. The quantitative estimate of drug-likeness (QED) is 0.234. The van der Waals surface area contributed by atoms with E-state index in [2.05, 4.69) is 22.1 Å². The Balaban J connectivity index is 1.55. The fraction of sp³-hybridized carbons (Fsp3) is 0.208. The highest BCUT2D eigenvalue weighted by Gasteiger charge is 2.17. The molecule has 0 atom stereocenters. The Kier molecular flexibility index (Phi) is 6.69. The second-order valence-corrected chi connectivity index (χ2v) is 8.42. The van der Waals surface area contributed by atoms with Crippen LogP contribution in [-0.2, 0) is 17.8 Å². The second kappa shape index (κ2) is 9.83. The molecule has 0 fully saturated rings. The van der Waals surface area contributed by atoms with E-state index in [4.69, 9.17) is 0 Å². The summed E-state index contributed by atoms with van der Waals surface area (Å²) < 4.78 is 3.33. The first-order valence-corrected chi connectivity index (χ1v) is 11.4. The molecule has 1 amide bonds. The van der Waals surface area contributed by atoms with E-state index in [1.165, 1.54) is 23.3 Å². The first-order chi connectivity index (χ1) is 16.0. The molecule has 2 aromatic heterocycles. The zero-order chi connectivity index (χ0) is 23.4. The van der Waals surface area contributed by atoms with E-state index in [0.29, 0.717) is 46.9 Å². The molecule has 2 heterocycles. The van der Waals surface area contributed by atoms with Crippen LogP contribution in [0.15, 0.2) is 71.1 Å². The second-order valence-electron chi connectivity index (χ2n) is 7.48. The van der Waals surface area contributed by atoms with Crippen molar-refractivity contribution in [1.29, 1.82) is 0 Å². The summed E-state index contributed by atoms with van der Waals surface area (Å²) in [6.07, 6.45) is 2.34. The number of nitrogens with zero attached hydrogens (tertiary/aromatic N) is 4. The third-order valence-electron chi connectivity index (χ3n) is 5.19. The first kappa shape index (κ1) is 22.5. The molecule has 0 aliphatic carbocycles. The first-order valence-electron chi connectivity index (χ1n) is 10.5. The number of aromatic nitrogens is 4. The maximum atomic E-state index is 12.9. The molecule has 4 aromatic rings. The summed E-state index contributed by atoms with van der Waals surface area (Å²) in [4.78, 5) is 36.6. The minimum atomic E-state index is -0.156. The van der Waals surface area contributed by atoms with E-state index in [-0.39, 0.29) is 23.0 Å². The smallest absolute Gasteiger partial charge is 0.263 e. The number of carbonyl (C=O) groups excluding carboxylic acids is 2. The van der Waals surface area contributed by atoms with Crippen LogP contribution in [0.4, 0.5) is 0 Å². The lowest BCUT2D eigenvalue weighted by Crippen LogP contribution is -2.22. The highest BCUT2D eigenvalue weighted by Crippen LogP contribution is 2.22. The van der Waals surface area contributed by atoms with Gasteiger partial charge in [0.25, 0.3) is 5.56 Å². The van der Waals surface area contributed by atoms with Crippen molar-refractivity contribution in [2.45, 2.75) is 25.0 Å². The summed E-state index contributed by atoms with van der Waals surface area (Å²) in [7, 11) is 0. The Morgan fingerprint density at radius 1 is 1.12 bits per heavy atom. The van der Waals surface area contributed by atoms with Crippen LogP contribution in [0, 0.1) is 0 Å². The Bertz CT molecular complexity index is 1410. The Labute approximate surface area is 194 Å². The average molecular weight is 462 g/mol. The molecule has 0 spiro atoms. The molecule has 4 rings (SSSR count). The van der Waals surface area contributed by atoms with Crippen LogP contribution < -0.4 is 10.9 Å². The van der Waals surface area contributed by atoms with Crippen LogP contribution in [0.5, 0.6) is 0 Å². The van der Waals surface area contributed by atoms with E-state index >= 15 is 0 Å². The number of benzene rings is 2. The summed E-state index contributed by atoms with van der Waals surface area (Å²) in [6.45, 7) is 6.08. The van der Waals surface area contributed by atoms with E-state index in [0.717, 1.165) is 5.56 Å². The van der Waals surface area contributed by atoms with Gasteiger partial charge in [-0.3, -0.25) is 23.4 Å². The normalized spacial score (nSPS) is 11.1. The topological polar surface area (TPSA) is 98.4 Å². The number of nitrogens with one attached hydrogen (secondary N) is 1. The number of thioether (sulfide) groups is 1. The van der Waals surface area contributed by atoms with Crippen LogP contribution in [-0.4, -0.2) is 43.2 Å². The van der Waals surface area contributed by atoms with Gasteiger partial charge in [0.1, 0.15) is 0 Å². The molecule has 2 aromatic carbocycles. The standard InChI is InChI=1S/C24H23N5O3S/c1-3-14-28-22(32)19-6-4-5-7-20(19)29-23(28)26-27-24(29)33-15-21(31)18-10-8-17(9-11-18)12-13-25-16(2)30/h3-11H,1,12-15H2,2H3,(H,25,30). The molecule has 0 saturated carbocycles. The summed E-state index contributed by atoms with van der Waals surface area (Å²) in [5.41, 5.74) is 2.19. The number of para-hydroxylation sites is 1. The lowest BCUT2D eigenvalue weighted by molar-refractivity contribution is -0.118. The van der Waals surface area contributed by atoms with Crippen LogP contribution in [0.25, 0.3) is 16.7 Å². The number of carbonyl (C=O) groups is 2. The third kappa shape index (κ3) is 4.73. The van der Waals surface area contributed by atoms with Gasteiger partial charge in [-0.15, -0.1) is 16.8 Å². The monoisotopic (exact) mass is 461 g/mol. The molecule has 0 aliphatic heterocycles. The number of amides is 1. The zero-order valence-corrected chi connectivity index (χ0v) is 19.0. The molecule has 0 saturated heterocycles. The number of ketones is 1. The predicted octanol–water partition coefficient (Wildman–Crippen LogP) is 2.88. The number of fused-ring (bicyclic) bond motifs is 3. The molecular formula is C24H23N5O3S. The minimum Gasteiger partial charge on any atom is -0.356 e. The van der Waals surface area contributed by atoms with Gasteiger partial charge >= 0.3 is 0 Å². The maximum absolute atomic E-state index is 12.9. The largest absolute Gasteiger partial charge is 0.356 e. The van der Waals surface area contributed by atoms with Gasteiger partial charge in [-0.05, 0) is 24.1 Å². The Morgan fingerprint density at radius 3 is 2.61 bits per heavy atom. The van der Waals surface area contributed by atoms with Gasteiger partial charge in [0.15, 0.2) is 10.9 Å². The lowest BCUT2D eigenvalue weighted by atomic mass is 10.1. The van der Waals surface area contributed by atoms with Crippen LogP contribution in [0.2, 0.25) is 0 Å². The number of rotatable bonds is 9. The van der Waals surface area contributed by atoms with Gasteiger partial charge in [-0.25, -0.2) is 0 Å². The van der Waals surface area contributed by atoms with Crippen molar-refractivity contribution >= 4 is 40.1 Å². The van der Waals surface area contributed by atoms with Gasteiger partial charge in [-0.1, -0.05) is 54.2 Å². The van der Waals surface area contributed by atoms with Crippen molar-refractivity contribution < 1.29 is 9.59 Å². The van der Waals surface area contributed by atoms with Crippen molar-refractivity contribution in [3.05, 3.63) is 82.7 Å². The summed E-state index contributed by atoms with van der Waals surface area (Å²) in [6, 6.07) is 14.7. The van der Waals surface area contributed by atoms with Crippen molar-refractivity contribution in [3.63, 3.8) is 0 Å². The van der Waals surface area contributed by atoms with Crippen molar-refractivity contribution in [1.82, 2.24) is 24.5 Å². The molecule has 33 heavy (non-hydrogen) atoms. The average Bonchev–Trinajstić information content (AvgIpc) is 3.24. The summed E-state index contributed by atoms with van der Waals surface area (Å²) in [5, 5.41) is 12.3. The van der Waals surface area contributed by atoms with Gasteiger partial charge in [0, 0.05) is 25.6 Å². The van der Waals surface area contributed by atoms with Gasteiger partial charge < -0.3 is 5.32 Å². The van der Waals surface area contributed by atoms with E-state index in [1.54, 1.807) is 24.3 Å².